The molecule has 4 nitrogen and oxygen atoms in total. The summed E-state index contributed by atoms with van der Waals surface area (Å²) < 4.78 is 0. The van der Waals surface area contributed by atoms with Crippen molar-refractivity contribution in [3.8, 4) is 0 Å². The Morgan fingerprint density at radius 2 is 1.91 bits per heavy atom. The van der Waals surface area contributed by atoms with Gasteiger partial charge in [0.15, 0.2) is 0 Å². The molecule has 0 radical (unpaired) electrons. The standard InChI is InChI=1S/C18H28N2O2/c1-18(10-5-6-11-18)14-20-17(22)19-13-16(9-12-21)15-7-3-2-4-8-15/h2-4,7-8,16,21H,5-6,9-14H2,1H3,(H2,19,20,22). The Morgan fingerprint density at radius 1 is 1.23 bits per heavy atom. The van der Waals surface area contributed by atoms with E-state index >= 15 is 0 Å². The summed E-state index contributed by atoms with van der Waals surface area (Å²) in [6.07, 6.45) is 5.59. The summed E-state index contributed by atoms with van der Waals surface area (Å²) in [5.74, 6) is 0.152. The van der Waals surface area contributed by atoms with Crippen molar-refractivity contribution in [1.82, 2.24) is 10.6 Å². The van der Waals surface area contributed by atoms with Gasteiger partial charge in [0.1, 0.15) is 0 Å². The van der Waals surface area contributed by atoms with Gasteiger partial charge in [0, 0.05) is 25.6 Å². The molecule has 22 heavy (non-hydrogen) atoms. The summed E-state index contributed by atoms with van der Waals surface area (Å²) in [6, 6.07) is 9.93. The number of amides is 2. The zero-order chi connectivity index (χ0) is 15.8. The Hall–Kier alpha value is -1.55. The van der Waals surface area contributed by atoms with Crippen LogP contribution in [0.2, 0.25) is 0 Å². The van der Waals surface area contributed by atoms with E-state index in [1.807, 2.05) is 30.3 Å². The van der Waals surface area contributed by atoms with Crippen LogP contribution in [-0.2, 0) is 0 Å². The maximum Gasteiger partial charge on any atom is 0.314 e. The maximum absolute atomic E-state index is 12.0. The quantitative estimate of drug-likeness (QED) is 0.725. The molecule has 4 heteroatoms. The SMILES string of the molecule is CC1(CNC(=O)NCC(CCO)c2ccccc2)CCCC1. The zero-order valence-corrected chi connectivity index (χ0v) is 13.5. The van der Waals surface area contributed by atoms with Gasteiger partial charge in [-0.25, -0.2) is 4.79 Å². The lowest BCUT2D eigenvalue weighted by atomic mass is 9.89. The van der Waals surface area contributed by atoms with Gasteiger partial charge in [-0.2, -0.15) is 0 Å². The lowest BCUT2D eigenvalue weighted by Gasteiger charge is -2.24. The highest BCUT2D eigenvalue weighted by Gasteiger charge is 2.28. The number of aliphatic hydroxyl groups is 1. The van der Waals surface area contributed by atoms with Gasteiger partial charge in [-0.15, -0.1) is 0 Å². The van der Waals surface area contributed by atoms with Crippen LogP contribution in [0.15, 0.2) is 30.3 Å². The molecule has 0 spiro atoms. The molecule has 1 unspecified atom stereocenters. The van der Waals surface area contributed by atoms with Gasteiger partial charge in [-0.05, 0) is 30.2 Å². The summed E-state index contributed by atoms with van der Waals surface area (Å²) in [5, 5.41) is 15.2. The Morgan fingerprint density at radius 3 is 2.55 bits per heavy atom. The second-order valence-corrected chi connectivity index (χ2v) is 6.70. The van der Waals surface area contributed by atoms with Crippen molar-refractivity contribution in [2.24, 2.45) is 5.41 Å². The molecular weight excluding hydrogens is 276 g/mol. The van der Waals surface area contributed by atoms with Crippen molar-refractivity contribution in [2.75, 3.05) is 19.7 Å². The molecule has 1 aromatic rings. The van der Waals surface area contributed by atoms with Crippen molar-refractivity contribution in [1.29, 1.82) is 0 Å². The molecule has 0 bridgehead atoms. The third-order valence-electron chi connectivity index (χ3n) is 4.74. The summed E-state index contributed by atoms with van der Waals surface area (Å²) in [4.78, 5) is 12.0. The lowest BCUT2D eigenvalue weighted by Crippen LogP contribution is -2.42. The Bertz CT molecular complexity index is 455. The van der Waals surface area contributed by atoms with Gasteiger partial charge in [0.2, 0.25) is 0 Å². The van der Waals surface area contributed by atoms with Crippen LogP contribution in [0.3, 0.4) is 0 Å². The number of aliphatic hydroxyl groups excluding tert-OH is 1. The number of hydrogen-bond acceptors (Lipinski definition) is 2. The largest absolute Gasteiger partial charge is 0.396 e. The summed E-state index contributed by atoms with van der Waals surface area (Å²) in [7, 11) is 0. The number of urea groups is 1. The fourth-order valence-corrected chi connectivity index (χ4v) is 3.25. The smallest absolute Gasteiger partial charge is 0.314 e. The molecule has 1 aliphatic carbocycles. The monoisotopic (exact) mass is 304 g/mol. The number of carbonyl (C=O) groups is 1. The van der Waals surface area contributed by atoms with Crippen molar-refractivity contribution in [3.63, 3.8) is 0 Å². The van der Waals surface area contributed by atoms with Crippen LogP contribution in [0.4, 0.5) is 4.79 Å². The van der Waals surface area contributed by atoms with Crippen molar-refractivity contribution in [2.45, 2.75) is 44.9 Å². The third-order valence-corrected chi connectivity index (χ3v) is 4.74. The average Bonchev–Trinajstić information content (AvgIpc) is 2.97. The topological polar surface area (TPSA) is 61.4 Å². The summed E-state index contributed by atoms with van der Waals surface area (Å²) >= 11 is 0. The molecule has 0 saturated heterocycles. The Balaban J connectivity index is 1.78. The van der Waals surface area contributed by atoms with Crippen molar-refractivity contribution < 1.29 is 9.90 Å². The van der Waals surface area contributed by atoms with E-state index in [-0.39, 0.29) is 24.0 Å². The van der Waals surface area contributed by atoms with Gasteiger partial charge >= 0.3 is 6.03 Å². The molecule has 1 aromatic carbocycles. The molecule has 2 amide bonds. The van der Waals surface area contributed by atoms with Gasteiger partial charge < -0.3 is 15.7 Å². The lowest BCUT2D eigenvalue weighted by molar-refractivity contribution is 0.229. The molecule has 0 aliphatic heterocycles. The molecule has 0 heterocycles. The van der Waals surface area contributed by atoms with Crippen molar-refractivity contribution >= 4 is 6.03 Å². The van der Waals surface area contributed by atoms with Gasteiger partial charge in [-0.3, -0.25) is 0 Å². The minimum absolute atomic E-state index is 0.105. The van der Waals surface area contributed by atoms with Gasteiger partial charge in [0.05, 0.1) is 0 Å². The molecule has 3 N–H and O–H groups in total. The van der Waals surface area contributed by atoms with Crippen LogP contribution in [0, 0.1) is 5.41 Å². The minimum Gasteiger partial charge on any atom is -0.396 e. The fourth-order valence-electron chi connectivity index (χ4n) is 3.25. The van der Waals surface area contributed by atoms with E-state index in [9.17, 15) is 9.90 Å². The Labute approximate surface area is 133 Å². The number of benzene rings is 1. The first-order chi connectivity index (χ1) is 10.6. The molecule has 1 fully saturated rings. The summed E-state index contributed by atoms with van der Waals surface area (Å²) in [5.41, 5.74) is 1.42. The van der Waals surface area contributed by atoms with Crippen LogP contribution >= 0.6 is 0 Å². The van der Waals surface area contributed by atoms with Crippen LogP contribution in [-0.4, -0.2) is 30.8 Å². The third kappa shape index (κ3) is 5.02. The molecule has 1 aliphatic rings. The van der Waals surface area contributed by atoms with E-state index in [4.69, 9.17) is 0 Å². The first-order valence-corrected chi connectivity index (χ1v) is 8.30. The first kappa shape index (κ1) is 16.8. The highest BCUT2D eigenvalue weighted by molar-refractivity contribution is 5.73. The molecular formula is C18H28N2O2. The van der Waals surface area contributed by atoms with E-state index in [1.165, 1.54) is 25.7 Å². The second kappa shape index (κ2) is 8.18. The van der Waals surface area contributed by atoms with Crippen LogP contribution in [0.5, 0.6) is 0 Å². The van der Waals surface area contributed by atoms with E-state index in [0.717, 1.165) is 12.1 Å². The predicted molar refractivity (Wildman–Crippen MR) is 88.9 cm³/mol. The first-order valence-electron chi connectivity index (χ1n) is 8.30. The van der Waals surface area contributed by atoms with Crippen molar-refractivity contribution in [3.05, 3.63) is 35.9 Å². The van der Waals surface area contributed by atoms with E-state index in [1.54, 1.807) is 0 Å². The average molecular weight is 304 g/mol. The number of carbonyl (C=O) groups excluding carboxylic acids is 1. The summed E-state index contributed by atoms with van der Waals surface area (Å²) in [6.45, 7) is 3.67. The number of nitrogens with one attached hydrogen (secondary N) is 2. The minimum atomic E-state index is -0.105. The molecule has 1 atom stereocenters. The van der Waals surface area contributed by atoms with E-state index in [0.29, 0.717) is 13.0 Å². The zero-order valence-electron chi connectivity index (χ0n) is 13.5. The normalized spacial score (nSPS) is 17.9. The van der Waals surface area contributed by atoms with Crippen LogP contribution in [0.1, 0.15) is 50.5 Å². The molecule has 1 saturated carbocycles. The highest BCUT2D eigenvalue weighted by Crippen LogP contribution is 2.36. The van der Waals surface area contributed by atoms with Crippen LogP contribution < -0.4 is 10.6 Å². The van der Waals surface area contributed by atoms with Gasteiger partial charge in [0.25, 0.3) is 0 Å². The Kier molecular flexibility index (Phi) is 6.25. The van der Waals surface area contributed by atoms with E-state index < -0.39 is 0 Å². The molecule has 0 aromatic heterocycles. The number of hydrogen-bond donors (Lipinski definition) is 3. The molecule has 2 rings (SSSR count). The second-order valence-electron chi connectivity index (χ2n) is 6.70. The number of rotatable bonds is 7. The van der Waals surface area contributed by atoms with Crippen LogP contribution in [0.25, 0.3) is 0 Å². The van der Waals surface area contributed by atoms with Gasteiger partial charge in [-0.1, -0.05) is 50.1 Å². The van der Waals surface area contributed by atoms with E-state index in [2.05, 4.69) is 17.6 Å². The predicted octanol–water partition coefficient (Wildman–Crippen LogP) is 3.03. The maximum atomic E-state index is 12.0. The fraction of sp³-hybridized carbons (Fsp3) is 0.611. The highest BCUT2D eigenvalue weighted by atomic mass is 16.3. The molecule has 122 valence electrons.